The van der Waals surface area contributed by atoms with Gasteiger partial charge in [0.05, 0.1) is 0 Å². The number of halogens is 1. The highest BCUT2D eigenvalue weighted by Crippen LogP contribution is 2.24. The van der Waals surface area contributed by atoms with Crippen molar-refractivity contribution in [3.63, 3.8) is 0 Å². The molecule has 3 rings (SSSR count). The van der Waals surface area contributed by atoms with Gasteiger partial charge in [0.1, 0.15) is 0 Å². The summed E-state index contributed by atoms with van der Waals surface area (Å²) in [6.07, 6.45) is 4.38. The number of carbonyl (C=O) groups is 1. The van der Waals surface area contributed by atoms with Crippen molar-refractivity contribution in [2.75, 3.05) is 26.2 Å². The summed E-state index contributed by atoms with van der Waals surface area (Å²) in [4.78, 5) is 17.3. The molecule has 0 atom stereocenters. The lowest BCUT2D eigenvalue weighted by molar-refractivity contribution is -0.138. The van der Waals surface area contributed by atoms with E-state index in [1.807, 2.05) is 0 Å². The summed E-state index contributed by atoms with van der Waals surface area (Å²) >= 11 is 3.48. The third kappa shape index (κ3) is 4.57. The quantitative estimate of drug-likeness (QED) is 0.795. The van der Waals surface area contributed by atoms with E-state index < -0.39 is 0 Å². The zero-order chi connectivity index (χ0) is 16.2. The zero-order valence-corrected chi connectivity index (χ0v) is 15.6. The summed E-state index contributed by atoms with van der Waals surface area (Å²) in [6.45, 7) is 7.31. The van der Waals surface area contributed by atoms with E-state index in [0.717, 1.165) is 56.0 Å². The van der Waals surface area contributed by atoms with Crippen LogP contribution in [-0.2, 0) is 11.3 Å². The maximum absolute atomic E-state index is 12.7. The smallest absolute Gasteiger partial charge is 0.225 e. The molecule has 0 N–H and O–H groups in total. The van der Waals surface area contributed by atoms with Gasteiger partial charge in [-0.3, -0.25) is 9.69 Å². The van der Waals surface area contributed by atoms with Crippen molar-refractivity contribution in [2.45, 2.75) is 39.2 Å². The second-order valence-corrected chi connectivity index (χ2v) is 8.10. The summed E-state index contributed by atoms with van der Waals surface area (Å²) in [5.41, 5.74) is 1.35. The largest absolute Gasteiger partial charge is 0.342 e. The van der Waals surface area contributed by atoms with Gasteiger partial charge in [-0.05, 0) is 62.4 Å². The molecular weight excluding hydrogens is 352 g/mol. The Balaban J connectivity index is 1.46. The van der Waals surface area contributed by atoms with Gasteiger partial charge in [-0.2, -0.15) is 0 Å². The van der Waals surface area contributed by atoms with Gasteiger partial charge in [-0.15, -0.1) is 0 Å². The molecule has 126 valence electrons. The topological polar surface area (TPSA) is 23.6 Å². The molecule has 2 aliphatic heterocycles. The van der Waals surface area contributed by atoms with Crippen LogP contribution in [0.15, 0.2) is 28.7 Å². The number of hydrogen-bond donors (Lipinski definition) is 0. The number of amides is 1. The van der Waals surface area contributed by atoms with Gasteiger partial charge in [0.2, 0.25) is 5.91 Å². The van der Waals surface area contributed by atoms with Crippen molar-refractivity contribution in [1.29, 1.82) is 0 Å². The third-order valence-electron chi connectivity index (χ3n) is 5.35. The summed E-state index contributed by atoms with van der Waals surface area (Å²) in [6, 6.07) is 8.55. The van der Waals surface area contributed by atoms with Crippen LogP contribution in [-0.4, -0.2) is 41.9 Å². The van der Waals surface area contributed by atoms with Gasteiger partial charge in [-0.25, -0.2) is 0 Å². The average Bonchev–Trinajstić information content (AvgIpc) is 2.58. The minimum atomic E-state index is 0.254. The Labute approximate surface area is 148 Å². The maximum Gasteiger partial charge on any atom is 0.225 e. The van der Waals surface area contributed by atoms with Gasteiger partial charge < -0.3 is 4.90 Å². The lowest BCUT2D eigenvalue weighted by atomic mass is 9.92. The molecule has 0 radical (unpaired) electrons. The highest BCUT2D eigenvalue weighted by Gasteiger charge is 2.30. The van der Waals surface area contributed by atoms with E-state index in [4.69, 9.17) is 0 Å². The fraction of sp³-hybridized carbons (Fsp3) is 0.632. The molecule has 2 aliphatic rings. The van der Waals surface area contributed by atoms with Crippen molar-refractivity contribution in [3.05, 3.63) is 34.3 Å². The summed E-state index contributed by atoms with van der Waals surface area (Å²) < 4.78 is 1.13. The van der Waals surface area contributed by atoms with Crippen LogP contribution in [0.2, 0.25) is 0 Å². The molecule has 0 bridgehead atoms. The van der Waals surface area contributed by atoms with Crippen molar-refractivity contribution >= 4 is 21.8 Å². The van der Waals surface area contributed by atoms with Crippen molar-refractivity contribution in [1.82, 2.24) is 9.80 Å². The first-order valence-corrected chi connectivity index (χ1v) is 9.66. The number of nitrogens with zero attached hydrogens (tertiary/aromatic N) is 2. The number of likely N-dealkylation sites (tertiary alicyclic amines) is 2. The number of piperidine rings is 2. The molecule has 0 spiro atoms. The standard InChI is InChI=1S/C19H27BrN2O/c1-15-6-12-22(13-7-15)19(23)17-8-10-21(11-9-17)14-16-2-4-18(20)5-3-16/h2-5,15,17H,6-14H2,1H3. The number of hydrogen-bond acceptors (Lipinski definition) is 2. The lowest BCUT2D eigenvalue weighted by Gasteiger charge is -2.36. The molecule has 1 aromatic rings. The predicted octanol–water partition coefficient (Wildman–Crippen LogP) is 3.92. The molecule has 1 aromatic carbocycles. The van der Waals surface area contributed by atoms with Crippen LogP contribution >= 0.6 is 15.9 Å². The van der Waals surface area contributed by atoms with Crippen LogP contribution in [0.1, 0.15) is 38.2 Å². The van der Waals surface area contributed by atoms with Crippen LogP contribution < -0.4 is 0 Å². The van der Waals surface area contributed by atoms with E-state index in [9.17, 15) is 4.79 Å². The molecule has 0 aliphatic carbocycles. The highest BCUT2D eigenvalue weighted by atomic mass is 79.9. The third-order valence-corrected chi connectivity index (χ3v) is 5.88. The summed E-state index contributed by atoms with van der Waals surface area (Å²) in [5.74, 6) is 1.46. The van der Waals surface area contributed by atoms with E-state index in [2.05, 4.69) is 56.9 Å². The molecule has 1 amide bonds. The average molecular weight is 379 g/mol. The normalized spacial score (nSPS) is 21.6. The Kier molecular flexibility index (Phi) is 5.76. The van der Waals surface area contributed by atoms with Crippen LogP contribution in [0.25, 0.3) is 0 Å². The van der Waals surface area contributed by atoms with Crippen LogP contribution in [0.4, 0.5) is 0 Å². The first kappa shape index (κ1) is 17.0. The monoisotopic (exact) mass is 378 g/mol. The van der Waals surface area contributed by atoms with E-state index in [-0.39, 0.29) is 5.92 Å². The molecule has 23 heavy (non-hydrogen) atoms. The predicted molar refractivity (Wildman–Crippen MR) is 97.1 cm³/mol. The molecule has 2 heterocycles. The van der Waals surface area contributed by atoms with Crippen molar-refractivity contribution in [3.8, 4) is 0 Å². The molecule has 3 nitrogen and oxygen atoms in total. The van der Waals surface area contributed by atoms with Gasteiger partial charge in [0.25, 0.3) is 0 Å². The fourth-order valence-corrected chi connectivity index (χ4v) is 3.94. The van der Waals surface area contributed by atoms with Gasteiger partial charge in [0, 0.05) is 30.0 Å². The second-order valence-electron chi connectivity index (χ2n) is 7.18. The van der Waals surface area contributed by atoms with E-state index in [1.54, 1.807) is 0 Å². The van der Waals surface area contributed by atoms with Gasteiger partial charge in [-0.1, -0.05) is 35.0 Å². The minimum Gasteiger partial charge on any atom is -0.342 e. The Bertz CT molecular complexity index is 515. The molecular formula is C19H27BrN2O. The van der Waals surface area contributed by atoms with E-state index >= 15 is 0 Å². The van der Waals surface area contributed by atoms with Gasteiger partial charge in [0.15, 0.2) is 0 Å². The number of benzene rings is 1. The Morgan fingerprint density at radius 2 is 1.65 bits per heavy atom. The first-order valence-electron chi connectivity index (χ1n) is 8.87. The molecule has 0 aromatic heterocycles. The Morgan fingerprint density at radius 3 is 2.26 bits per heavy atom. The first-order chi connectivity index (χ1) is 11.1. The second kappa shape index (κ2) is 7.80. The van der Waals surface area contributed by atoms with Crippen molar-refractivity contribution in [2.24, 2.45) is 11.8 Å². The zero-order valence-electron chi connectivity index (χ0n) is 14.0. The van der Waals surface area contributed by atoms with Gasteiger partial charge >= 0.3 is 0 Å². The maximum atomic E-state index is 12.7. The molecule has 2 saturated heterocycles. The Hall–Kier alpha value is -0.870. The highest BCUT2D eigenvalue weighted by molar-refractivity contribution is 9.10. The number of carbonyl (C=O) groups excluding carboxylic acids is 1. The van der Waals surface area contributed by atoms with E-state index in [1.165, 1.54) is 18.4 Å². The summed E-state index contributed by atoms with van der Waals surface area (Å²) in [5, 5.41) is 0. The fourth-order valence-electron chi connectivity index (χ4n) is 3.67. The minimum absolute atomic E-state index is 0.254. The molecule has 4 heteroatoms. The van der Waals surface area contributed by atoms with Crippen LogP contribution in [0.3, 0.4) is 0 Å². The van der Waals surface area contributed by atoms with E-state index in [0.29, 0.717) is 5.91 Å². The van der Waals surface area contributed by atoms with Crippen molar-refractivity contribution < 1.29 is 4.79 Å². The number of rotatable bonds is 3. The summed E-state index contributed by atoms with van der Waals surface area (Å²) in [7, 11) is 0. The molecule has 0 saturated carbocycles. The van der Waals surface area contributed by atoms with Crippen LogP contribution in [0.5, 0.6) is 0 Å². The SMILES string of the molecule is CC1CCN(C(=O)C2CCN(Cc3ccc(Br)cc3)CC2)CC1. The molecule has 2 fully saturated rings. The lowest BCUT2D eigenvalue weighted by Crippen LogP contribution is -2.45. The molecule has 0 unspecified atom stereocenters. The van der Waals surface area contributed by atoms with Crippen LogP contribution in [0, 0.1) is 11.8 Å². The Morgan fingerprint density at radius 1 is 1.04 bits per heavy atom.